The largest absolute Gasteiger partial charge is 0.385 e. The Bertz CT molecular complexity index is 309. The first-order chi connectivity index (χ1) is 6.88. The summed E-state index contributed by atoms with van der Waals surface area (Å²) in [6.07, 6.45) is 8.14. The third-order valence-corrected chi connectivity index (χ3v) is 2.21. The highest BCUT2D eigenvalue weighted by Gasteiger charge is 1.96. The van der Waals surface area contributed by atoms with Crippen LogP contribution in [0.5, 0.6) is 0 Å². The molecule has 0 amide bonds. The average molecular weight is 187 g/mol. The maximum absolute atomic E-state index is 5.19. The zero-order chi connectivity index (χ0) is 10.2. The molecule has 1 N–H and O–H groups in total. The summed E-state index contributed by atoms with van der Waals surface area (Å²) < 4.78 is 0. The van der Waals surface area contributed by atoms with Gasteiger partial charge in [-0.15, -0.1) is 12.3 Å². The predicted octanol–water partition coefficient (Wildman–Crippen LogP) is 3.07. The average Bonchev–Trinajstić information content (AvgIpc) is 2.25. The highest BCUT2D eigenvalue weighted by atomic mass is 14.9. The van der Waals surface area contributed by atoms with E-state index < -0.39 is 0 Å². The molecule has 0 aliphatic rings. The van der Waals surface area contributed by atoms with Crippen molar-refractivity contribution in [3.8, 4) is 12.3 Å². The van der Waals surface area contributed by atoms with E-state index in [1.807, 2.05) is 0 Å². The fraction of sp³-hybridized carbons (Fsp3) is 0.385. The van der Waals surface area contributed by atoms with Gasteiger partial charge in [0.05, 0.1) is 0 Å². The van der Waals surface area contributed by atoms with Gasteiger partial charge in [-0.3, -0.25) is 0 Å². The van der Waals surface area contributed by atoms with E-state index in [1.54, 1.807) is 0 Å². The van der Waals surface area contributed by atoms with Crippen LogP contribution in [-0.2, 0) is 6.42 Å². The summed E-state index contributed by atoms with van der Waals surface area (Å²) in [5.41, 5.74) is 2.61. The molecule has 0 saturated carbocycles. The second-order valence-electron chi connectivity index (χ2n) is 3.25. The molecule has 0 heterocycles. The molecule has 1 heteroatoms. The number of terminal acetylenes is 1. The number of para-hydroxylation sites is 1. The van der Waals surface area contributed by atoms with Crippen LogP contribution >= 0.6 is 0 Å². The molecular weight excluding hydrogens is 170 g/mol. The summed E-state index contributed by atoms with van der Waals surface area (Å²) in [7, 11) is 0. The lowest BCUT2D eigenvalue weighted by molar-refractivity contribution is 0.904. The van der Waals surface area contributed by atoms with Crippen LogP contribution in [0.1, 0.15) is 25.3 Å². The molecule has 1 aromatic rings. The van der Waals surface area contributed by atoms with Gasteiger partial charge in [0.25, 0.3) is 0 Å². The van der Waals surface area contributed by atoms with E-state index in [0.29, 0.717) is 0 Å². The molecule has 0 fully saturated rings. The first kappa shape index (κ1) is 10.7. The Kier molecular flexibility index (Phi) is 4.64. The van der Waals surface area contributed by atoms with Gasteiger partial charge in [-0.05, 0) is 24.5 Å². The number of nitrogens with one attached hydrogen (secondary N) is 1. The van der Waals surface area contributed by atoms with Crippen LogP contribution < -0.4 is 5.32 Å². The van der Waals surface area contributed by atoms with Crippen LogP contribution in [0.4, 0.5) is 5.69 Å². The monoisotopic (exact) mass is 187 g/mol. The lowest BCUT2D eigenvalue weighted by atomic mass is 10.1. The quantitative estimate of drug-likeness (QED) is 0.552. The van der Waals surface area contributed by atoms with Crippen molar-refractivity contribution in [1.29, 1.82) is 0 Å². The van der Waals surface area contributed by atoms with Crippen molar-refractivity contribution in [2.45, 2.75) is 26.2 Å². The Morgan fingerprint density at radius 2 is 2.14 bits per heavy atom. The number of hydrogen-bond donors (Lipinski definition) is 1. The third kappa shape index (κ3) is 3.14. The number of hydrogen-bond acceptors (Lipinski definition) is 1. The van der Waals surface area contributed by atoms with E-state index >= 15 is 0 Å². The molecule has 74 valence electrons. The Morgan fingerprint density at radius 3 is 2.86 bits per heavy atom. The number of unbranched alkanes of at least 4 members (excludes halogenated alkanes) is 1. The van der Waals surface area contributed by atoms with Crippen molar-refractivity contribution in [3.05, 3.63) is 29.8 Å². The zero-order valence-electron chi connectivity index (χ0n) is 8.72. The van der Waals surface area contributed by atoms with Crippen molar-refractivity contribution in [1.82, 2.24) is 0 Å². The van der Waals surface area contributed by atoms with E-state index in [1.165, 1.54) is 11.3 Å². The molecule has 0 aliphatic heterocycles. The molecular formula is C13H17N. The minimum Gasteiger partial charge on any atom is -0.385 e. The van der Waals surface area contributed by atoms with Gasteiger partial charge >= 0.3 is 0 Å². The van der Waals surface area contributed by atoms with Gasteiger partial charge in [0.15, 0.2) is 0 Å². The van der Waals surface area contributed by atoms with Crippen molar-refractivity contribution >= 4 is 5.69 Å². The first-order valence-electron chi connectivity index (χ1n) is 5.13. The zero-order valence-corrected chi connectivity index (χ0v) is 8.72. The highest BCUT2D eigenvalue weighted by molar-refractivity contribution is 5.50. The molecule has 0 atom stereocenters. The molecule has 0 spiro atoms. The number of rotatable bonds is 5. The van der Waals surface area contributed by atoms with Gasteiger partial charge in [0, 0.05) is 18.7 Å². The molecule has 14 heavy (non-hydrogen) atoms. The van der Waals surface area contributed by atoms with Crippen LogP contribution in [0.25, 0.3) is 0 Å². The topological polar surface area (TPSA) is 12.0 Å². The molecule has 0 aromatic heterocycles. The molecule has 1 nitrogen and oxygen atoms in total. The van der Waals surface area contributed by atoms with Gasteiger partial charge in [-0.2, -0.15) is 0 Å². The maximum Gasteiger partial charge on any atom is 0.0372 e. The van der Waals surface area contributed by atoms with Crippen LogP contribution in [0.15, 0.2) is 24.3 Å². The Balaban J connectivity index is 2.46. The second kappa shape index (κ2) is 6.10. The lowest BCUT2D eigenvalue weighted by Crippen LogP contribution is -2.03. The van der Waals surface area contributed by atoms with Crippen LogP contribution in [0, 0.1) is 12.3 Å². The van der Waals surface area contributed by atoms with Gasteiger partial charge < -0.3 is 5.32 Å². The minimum absolute atomic E-state index is 0.849. The summed E-state index contributed by atoms with van der Waals surface area (Å²) in [4.78, 5) is 0. The highest BCUT2D eigenvalue weighted by Crippen LogP contribution is 2.15. The summed E-state index contributed by atoms with van der Waals surface area (Å²) in [5.74, 6) is 2.64. The number of anilines is 1. The smallest absolute Gasteiger partial charge is 0.0372 e. The van der Waals surface area contributed by atoms with Gasteiger partial charge in [-0.25, -0.2) is 0 Å². The van der Waals surface area contributed by atoms with E-state index in [0.717, 1.165) is 25.8 Å². The second-order valence-corrected chi connectivity index (χ2v) is 3.25. The fourth-order valence-corrected chi connectivity index (χ4v) is 1.41. The maximum atomic E-state index is 5.19. The van der Waals surface area contributed by atoms with E-state index in [9.17, 15) is 0 Å². The van der Waals surface area contributed by atoms with E-state index in [2.05, 4.69) is 42.4 Å². The Labute approximate surface area is 86.5 Å². The van der Waals surface area contributed by atoms with Crippen LogP contribution in [0.3, 0.4) is 0 Å². The molecule has 0 aliphatic carbocycles. The van der Waals surface area contributed by atoms with E-state index in [4.69, 9.17) is 6.42 Å². The summed E-state index contributed by atoms with van der Waals surface area (Å²) >= 11 is 0. The predicted molar refractivity (Wildman–Crippen MR) is 62.4 cm³/mol. The standard InChI is InChI=1S/C13H17N/c1-3-5-8-11-14-13-10-7-6-9-12(13)4-2/h1,6-7,9-10,14H,4-5,8,11H2,2H3. The fourth-order valence-electron chi connectivity index (χ4n) is 1.41. The van der Waals surface area contributed by atoms with Gasteiger partial charge in [-0.1, -0.05) is 25.1 Å². The molecule has 1 aromatic carbocycles. The summed E-state index contributed by atoms with van der Waals surface area (Å²) in [5, 5.41) is 3.40. The van der Waals surface area contributed by atoms with Crippen molar-refractivity contribution in [2.75, 3.05) is 11.9 Å². The summed E-state index contributed by atoms with van der Waals surface area (Å²) in [6, 6.07) is 8.41. The lowest BCUT2D eigenvalue weighted by Gasteiger charge is -2.09. The summed E-state index contributed by atoms with van der Waals surface area (Å²) in [6.45, 7) is 3.13. The minimum atomic E-state index is 0.849. The van der Waals surface area contributed by atoms with Crippen molar-refractivity contribution < 1.29 is 0 Å². The molecule has 0 radical (unpaired) electrons. The molecule has 1 rings (SSSR count). The van der Waals surface area contributed by atoms with Crippen LogP contribution in [0.2, 0.25) is 0 Å². The Hall–Kier alpha value is -1.42. The SMILES string of the molecule is C#CCCCNc1ccccc1CC. The molecule has 0 saturated heterocycles. The first-order valence-corrected chi connectivity index (χ1v) is 5.13. The third-order valence-electron chi connectivity index (χ3n) is 2.21. The van der Waals surface area contributed by atoms with Gasteiger partial charge in [0.2, 0.25) is 0 Å². The van der Waals surface area contributed by atoms with Crippen molar-refractivity contribution in [2.24, 2.45) is 0 Å². The van der Waals surface area contributed by atoms with E-state index in [-0.39, 0.29) is 0 Å². The Morgan fingerprint density at radius 1 is 1.36 bits per heavy atom. The normalized spacial score (nSPS) is 9.43. The van der Waals surface area contributed by atoms with Gasteiger partial charge in [0.1, 0.15) is 0 Å². The molecule has 0 bridgehead atoms. The molecule has 0 unspecified atom stereocenters. The van der Waals surface area contributed by atoms with Crippen LogP contribution in [-0.4, -0.2) is 6.54 Å². The number of aryl methyl sites for hydroxylation is 1. The van der Waals surface area contributed by atoms with Crippen molar-refractivity contribution in [3.63, 3.8) is 0 Å². The number of benzene rings is 1.